The number of nitrogens with zero attached hydrogens (tertiary/aromatic N) is 15. The number of fused-ring (bicyclic) bond motifs is 3. The van der Waals surface area contributed by atoms with E-state index in [1.165, 1.54) is 99.7 Å². The predicted molar refractivity (Wildman–Crippen MR) is 504 cm³/mol. The van der Waals surface area contributed by atoms with Gasteiger partial charge in [-0.05, 0) is 232 Å². The van der Waals surface area contributed by atoms with Gasteiger partial charge in [-0.15, -0.1) is 0 Å². The lowest BCUT2D eigenvalue weighted by Gasteiger charge is -2.33. The number of nitrogens with one attached hydrogen (secondary N) is 2. The van der Waals surface area contributed by atoms with Gasteiger partial charge >= 0.3 is 0 Å². The molecule has 3 aromatic heterocycles. The molecule has 10 aromatic rings. The van der Waals surface area contributed by atoms with E-state index in [9.17, 15) is 0 Å². The number of halogens is 1. The van der Waals surface area contributed by atoms with Gasteiger partial charge in [-0.3, -0.25) is 9.97 Å². The number of likely N-dealkylation sites (N-methyl/N-ethyl adjacent to an activating group) is 7. The fraction of sp³-hybridized carbons (Fsp3) is 0.424. The van der Waals surface area contributed by atoms with Gasteiger partial charge in [0.25, 0.3) is 0 Å². The number of pyridine rings is 3. The molecule has 120 heavy (non-hydrogen) atoms. The van der Waals surface area contributed by atoms with Gasteiger partial charge in [0.15, 0.2) is 11.5 Å². The first kappa shape index (κ1) is 95.9. The van der Waals surface area contributed by atoms with Crippen molar-refractivity contribution in [1.82, 2.24) is 64.8 Å². The topological polar surface area (TPSA) is 129 Å². The molecule has 0 radical (unpaired) electrons. The van der Waals surface area contributed by atoms with Gasteiger partial charge < -0.3 is 83.6 Å². The summed E-state index contributed by atoms with van der Waals surface area (Å²) in [6.07, 6.45) is 12.8. The number of benzene rings is 7. The van der Waals surface area contributed by atoms with Crippen molar-refractivity contribution >= 4 is 34.5 Å². The number of anilines is 4. The average Bonchev–Trinajstić information content (AvgIpc) is 0.827. The van der Waals surface area contributed by atoms with Gasteiger partial charge in [0, 0.05) is 205 Å². The van der Waals surface area contributed by atoms with Crippen LogP contribution >= 0.6 is 11.6 Å². The van der Waals surface area contributed by atoms with Gasteiger partial charge in [0.05, 0.1) is 33.2 Å². The number of para-hydroxylation sites is 1. The first-order chi connectivity index (χ1) is 58.4. The van der Waals surface area contributed by atoms with Crippen LogP contribution in [0.3, 0.4) is 0 Å². The SMILES string of the molecule is CN(C)Cc1ccccc1.CN1CCN(c2ccccc2)CC1.CN1CCN(c2ccccn2)CC1.CN1CCN(c2cccnc2)CC1.CN1CCN(c2ccncc2)CC1.CN1CCc2ccccc2C1.CNCc1ccc(Cl)cc1.CNCc1ccccc1.COc1cc2c(cc1OC)CN(C)CC2.COc1ccc2c(c1)CN(C)CC2. The van der Waals surface area contributed by atoms with Gasteiger partial charge in [0.1, 0.15) is 11.6 Å². The molecule has 0 spiro atoms. The summed E-state index contributed by atoms with van der Waals surface area (Å²) in [6.45, 7) is 27.7. The minimum absolute atomic E-state index is 0.792. The van der Waals surface area contributed by atoms with Crippen LogP contribution < -0.4 is 44.4 Å². The second-order valence-electron chi connectivity index (χ2n) is 31.8. The standard InChI is InChI=1S/C12H17NO2.C11H16N2.C11H15NO.3C10H15N3.C10H13N.C9H13N.C8H10ClN.C8H11N/c1-13-5-4-9-6-11(14-2)12(15-3)7-10(9)8-13;1-12-7-9-13(10-8-12)11-5-3-2-4-6-11;1-12-6-5-9-3-4-11(13-2)7-10(9)8-12;1-12-6-8-13(9-7-12)10-2-4-11-5-3-10;1-12-5-7-13(8-6-12)10-3-2-4-11-9-10;1-12-6-8-13(9-7-12)10-4-2-3-5-11-10;1-11-7-6-9-4-2-3-5-10(9)8-11;1-10(2)8-9-6-4-3-5-7-9;1-10-6-7-2-4-8(9)5-3-7;1-9-7-8-5-3-2-4-6-8/h6-7H,4-5,8H2,1-3H3;2-6H,7-10H2,1H3;3-4,7H,5-6,8H2,1-2H3;2-5H,6-9H2,1H3;2-4,9H,5-8H2,1H3;2-5H,6-9H2,1H3;2-5H,6-8H2,1H3;3-7H,8H2,1-2H3;2-5,10H,6H2,1H3;2-6,9H,7H2,1H3. The van der Waals surface area contributed by atoms with E-state index in [1.807, 2.05) is 118 Å². The molecule has 0 aliphatic carbocycles. The van der Waals surface area contributed by atoms with E-state index in [1.54, 1.807) is 21.3 Å². The molecule has 4 fully saturated rings. The summed E-state index contributed by atoms with van der Waals surface area (Å²) in [5.41, 5.74) is 16.5. The monoisotopic (exact) mass is 1650 g/mol. The van der Waals surface area contributed by atoms with Crippen LogP contribution in [0.4, 0.5) is 22.9 Å². The highest BCUT2D eigenvalue weighted by Gasteiger charge is 2.21. The molecule has 7 aliphatic heterocycles. The molecule has 0 atom stereocenters. The summed E-state index contributed by atoms with van der Waals surface area (Å²) < 4.78 is 15.8. The minimum Gasteiger partial charge on any atom is -0.497 e. The Morgan fingerprint density at radius 3 is 1.21 bits per heavy atom. The van der Waals surface area contributed by atoms with Crippen molar-refractivity contribution < 1.29 is 14.2 Å². The Labute approximate surface area is 726 Å². The van der Waals surface area contributed by atoms with Gasteiger partial charge in [-0.25, -0.2) is 4.98 Å². The molecule has 0 unspecified atom stereocenters. The van der Waals surface area contributed by atoms with Gasteiger partial charge in [-0.1, -0.05) is 139 Å². The number of hydrogen-bond acceptors (Lipinski definition) is 20. The quantitative estimate of drug-likeness (QED) is 0.113. The molecule has 0 bridgehead atoms. The third-order valence-electron chi connectivity index (χ3n) is 21.9. The number of piperazine rings is 4. The number of aromatic nitrogens is 3. The third-order valence-corrected chi connectivity index (χ3v) is 22.1. The Bertz CT molecular complexity index is 4080. The Hall–Kier alpha value is -9.52. The normalized spacial score (nSPS) is 16.1. The number of methoxy groups -OCH3 is 3. The van der Waals surface area contributed by atoms with Crippen LogP contribution in [0.5, 0.6) is 17.2 Å². The fourth-order valence-corrected chi connectivity index (χ4v) is 14.6. The molecular formula is C99H140ClN17O3. The molecule has 17 rings (SSSR count). The molecule has 0 amide bonds. The predicted octanol–water partition coefficient (Wildman–Crippen LogP) is 14.2. The molecule has 646 valence electrons. The van der Waals surface area contributed by atoms with E-state index < -0.39 is 0 Å². The zero-order chi connectivity index (χ0) is 85.5. The van der Waals surface area contributed by atoms with Crippen LogP contribution in [0.15, 0.2) is 243 Å². The van der Waals surface area contributed by atoms with Crippen LogP contribution in [0.25, 0.3) is 0 Å². The lowest BCUT2D eigenvalue weighted by Crippen LogP contribution is -2.44. The Kier molecular flexibility index (Phi) is 43.7. The maximum Gasteiger partial charge on any atom is 0.161 e. The van der Waals surface area contributed by atoms with Crippen LogP contribution in [0.2, 0.25) is 5.02 Å². The summed E-state index contributed by atoms with van der Waals surface area (Å²) >= 11 is 5.69. The van der Waals surface area contributed by atoms with Crippen molar-refractivity contribution in [1.29, 1.82) is 0 Å². The first-order valence-corrected chi connectivity index (χ1v) is 43.1. The van der Waals surface area contributed by atoms with Crippen molar-refractivity contribution in [3.8, 4) is 17.2 Å². The van der Waals surface area contributed by atoms with E-state index in [0.29, 0.717) is 0 Å². The third kappa shape index (κ3) is 35.7. The summed E-state index contributed by atoms with van der Waals surface area (Å²) in [6, 6.07) is 72.9. The molecule has 10 heterocycles. The van der Waals surface area contributed by atoms with Crippen molar-refractivity contribution in [2.24, 2.45) is 0 Å². The van der Waals surface area contributed by atoms with Crippen molar-refractivity contribution in [3.05, 3.63) is 298 Å². The Morgan fingerprint density at radius 2 is 0.742 bits per heavy atom. The Balaban J connectivity index is 0.000000166. The van der Waals surface area contributed by atoms with Crippen LogP contribution in [0, 0.1) is 0 Å². The highest BCUT2D eigenvalue weighted by atomic mass is 35.5. The number of rotatable bonds is 13. The van der Waals surface area contributed by atoms with Crippen molar-refractivity contribution in [3.63, 3.8) is 0 Å². The van der Waals surface area contributed by atoms with Crippen molar-refractivity contribution in [2.75, 3.05) is 243 Å². The number of hydrogen-bond donors (Lipinski definition) is 2. The highest BCUT2D eigenvalue weighted by molar-refractivity contribution is 6.30. The molecule has 7 aliphatic rings. The van der Waals surface area contributed by atoms with Crippen LogP contribution in [-0.2, 0) is 58.5 Å². The largest absolute Gasteiger partial charge is 0.497 e. The summed E-state index contributed by atoms with van der Waals surface area (Å²) in [5.74, 6) is 3.73. The van der Waals surface area contributed by atoms with Gasteiger partial charge in [0.2, 0.25) is 0 Å². The van der Waals surface area contributed by atoms with E-state index >= 15 is 0 Å². The molecule has 2 N–H and O–H groups in total. The van der Waals surface area contributed by atoms with Crippen LogP contribution in [-0.4, -0.2) is 277 Å². The lowest BCUT2D eigenvalue weighted by molar-refractivity contribution is 0.308. The molecule has 0 saturated carbocycles. The lowest BCUT2D eigenvalue weighted by atomic mass is 9.99. The minimum atomic E-state index is 0.792. The van der Waals surface area contributed by atoms with E-state index in [0.717, 1.165) is 178 Å². The van der Waals surface area contributed by atoms with E-state index in [4.69, 9.17) is 25.8 Å². The first-order valence-electron chi connectivity index (χ1n) is 42.7. The summed E-state index contributed by atoms with van der Waals surface area (Å²) in [5, 5.41) is 6.94. The zero-order valence-electron chi connectivity index (χ0n) is 74.7. The van der Waals surface area contributed by atoms with E-state index in [2.05, 4.69) is 287 Å². The molecule has 7 aromatic carbocycles. The molecule has 21 heteroatoms. The average molecular weight is 1650 g/mol. The van der Waals surface area contributed by atoms with Crippen molar-refractivity contribution in [2.45, 2.75) is 58.5 Å². The zero-order valence-corrected chi connectivity index (χ0v) is 75.5. The Morgan fingerprint density at radius 1 is 0.333 bits per heavy atom. The van der Waals surface area contributed by atoms with Crippen LogP contribution in [0.1, 0.15) is 50.1 Å². The smallest absolute Gasteiger partial charge is 0.161 e. The summed E-state index contributed by atoms with van der Waals surface area (Å²) in [4.78, 5) is 40.6. The summed E-state index contributed by atoms with van der Waals surface area (Å²) in [7, 11) is 28.3. The molecular weight excluding hydrogens is 1510 g/mol. The van der Waals surface area contributed by atoms with Gasteiger partial charge in [-0.2, -0.15) is 0 Å². The molecule has 20 nitrogen and oxygen atoms in total. The van der Waals surface area contributed by atoms with E-state index in [-0.39, 0.29) is 0 Å². The highest BCUT2D eigenvalue weighted by Crippen LogP contribution is 2.33. The maximum atomic E-state index is 5.69. The fourth-order valence-electron chi connectivity index (χ4n) is 14.5. The maximum absolute atomic E-state index is 5.69. The molecule has 4 saturated heterocycles. The second kappa shape index (κ2) is 54.7. The number of ether oxygens (including phenoxy) is 3. The second-order valence-corrected chi connectivity index (χ2v) is 32.3.